The lowest BCUT2D eigenvalue weighted by molar-refractivity contribution is 0.0912. The molecular weight excluding hydrogens is 497 g/mol. The second-order valence-corrected chi connectivity index (χ2v) is 10.5. The number of halogens is 1. The molecule has 0 saturated carbocycles. The second kappa shape index (κ2) is 10.5. The Kier molecular flexibility index (Phi) is 7.37. The molecule has 2 aromatic heterocycles. The molecule has 4 aromatic rings. The number of carbonyl (C=O) groups excluding carboxylic acids is 1. The van der Waals surface area contributed by atoms with Crippen LogP contribution >= 0.6 is 0 Å². The number of amides is 1. The number of hydrogen-bond acceptors (Lipinski definition) is 7. The maximum atomic E-state index is 15.1. The number of aryl methyl sites for hydroxylation is 1. The van der Waals surface area contributed by atoms with Crippen molar-refractivity contribution in [2.75, 3.05) is 18.6 Å². The smallest absolute Gasteiger partial charge is 0.254 e. The van der Waals surface area contributed by atoms with Crippen LogP contribution in [0.4, 0.5) is 10.2 Å². The molecule has 0 radical (unpaired) electrons. The van der Waals surface area contributed by atoms with E-state index < -0.39 is 34.2 Å². The molecule has 0 saturated heterocycles. The number of hydrogen-bond donors (Lipinski definition) is 3. The molecular formula is C26H26FN5O4S. The molecule has 0 fully saturated rings. The number of aliphatic hydroxyl groups is 1. The van der Waals surface area contributed by atoms with Gasteiger partial charge in [-0.1, -0.05) is 18.2 Å². The molecule has 0 spiro atoms. The van der Waals surface area contributed by atoms with Gasteiger partial charge in [0.1, 0.15) is 11.6 Å². The number of nitrogens with two attached hydrogens (primary N) is 1. The van der Waals surface area contributed by atoms with Gasteiger partial charge in [-0.05, 0) is 48.4 Å². The summed E-state index contributed by atoms with van der Waals surface area (Å²) in [5, 5.41) is 16.6. The number of pyridine rings is 1. The van der Waals surface area contributed by atoms with Gasteiger partial charge in [0.2, 0.25) is 0 Å². The first-order valence-corrected chi connectivity index (χ1v) is 13.3. The van der Waals surface area contributed by atoms with Crippen molar-refractivity contribution in [1.29, 1.82) is 0 Å². The van der Waals surface area contributed by atoms with Crippen molar-refractivity contribution in [3.63, 3.8) is 0 Å². The lowest BCUT2D eigenvalue weighted by Gasteiger charge is -2.18. The van der Waals surface area contributed by atoms with Crippen LogP contribution in [0.15, 0.2) is 72.0 Å². The summed E-state index contributed by atoms with van der Waals surface area (Å²) in [6.45, 7) is 2.17. The minimum Gasteiger partial charge on any atom is -0.394 e. The van der Waals surface area contributed by atoms with Crippen LogP contribution in [-0.4, -0.2) is 47.1 Å². The van der Waals surface area contributed by atoms with E-state index in [0.717, 1.165) is 17.4 Å². The van der Waals surface area contributed by atoms with Gasteiger partial charge < -0.3 is 16.2 Å². The van der Waals surface area contributed by atoms with Gasteiger partial charge in [-0.3, -0.25) is 9.48 Å². The van der Waals surface area contributed by atoms with Crippen LogP contribution in [0.5, 0.6) is 0 Å². The lowest BCUT2D eigenvalue weighted by atomic mass is 10.0. The van der Waals surface area contributed by atoms with Crippen molar-refractivity contribution in [3.05, 3.63) is 84.1 Å². The summed E-state index contributed by atoms with van der Waals surface area (Å²) in [6, 6.07) is 10.8. The fourth-order valence-corrected chi connectivity index (χ4v) is 4.53. The van der Waals surface area contributed by atoms with Gasteiger partial charge in [-0.15, -0.1) is 0 Å². The van der Waals surface area contributed by atoms with E-state index >= 15 is 4.39 Å². The van der Waals surface area contributed by atoms with Crippen LogP contribution < -0.4 is 11.1 Å². The predicted molar refractivity (Wildman–Crippen MR) is 138 cm³/mol. The van der Waals surface area contributed by atoms with Crippen molar-refractivity contribution >= 4 is 21.6 Å². The molecule has 2 aromatic carbocycles. The summed E-state index contributed by atoms with van der Waals surface area (Å²) in [5.41, 5.74) is 8.72. The molecule has 2 heterocycles. The third kappa shape index (κ3) is 5.68. The number of aliphatic hydroxyl groups excluding tert-OH is 1. The van der Waals surface area contributed by atoms with E-state index in [-0.39, 0.29) is 16.3 Å². The molecule has 4 rings (SSSR count). The van der Waals surface area contributed by atoms with Crippen molar-refractivity contribution < 1.29 is 22.7 Å². The van der Waals surface area contributed by atoms with Crippen LogP contribution in [0.25, 0.3) is 22.3 Å². The summed E-state index contributed by atoms with van der Waals surface area (Å²) in [4.78, 5) is 17.1. The highest BCUT2D eigenvalue weighted by Crippen LogP contribution is 2.30. The summed E-state index contributed by atoms with van der Waals surface area (Å²) < 4.78 is 40.6. The predicted octanol–water partition coefficient (Wildman–Crippen LogP) is 3.22. The lowest BCUT2D eigenvalue weighted by Crippen LogP contribution is -2.31. The SMILES string of the molecule is CCn1cc(-c2cnc(N)c(-c3ccc(C(=O)NC(CO)c4cccc(S(C)(=O)=O)c4)c(F)c3)c2)cn1. The average Bonchev–Trinajstić information content (AvgIpc) is 3.36. The van der Waals surface area contributed by atoms with Gasteiger partial charge in [-0.25, -0.2) is 17.8 Å². The van der Waals surface area contributed by atoms with Gasteiger partial charge in [-0.2, -0.15) is 5.10 Å². The average molecular weight is 524 g/mol. The number of sulfone groups is 1. The first-order chi connectivity index (χ1) is 17.6. The molecule has 11 heteroatoms. The molecule has 0 aliphatic rings. The third-order valence-corrected chi connectivity index (χ3v) is 7.02. The second-order valence-electron chi connectivity index (χ2n) is 8.49. The Bertz CT molecular complexity index is 1570. The highest BCUT2D eigenvalue weighted by molar-refractivity contribution is 7.90. The third-order valence-electron chi connectivity index (χ3n) is 5.91. The summed E-state index contributed by atoms with van der Waals surface area (Å²) in [6.07, 6.45) is 6.25. The molecule has 1 amide bonds. The topological polar surface area (TPSA) is 140 Å². The van der Waals surface area contributed by atoms with E-state index in [0.29, 0.717) is 23.2 Å². The van der Waals surface area contributed by atoms with E-state index in [2.05, 4.69) is 15.4 Å². The van der Waals surface area contributed by atoms with Crippen molar-refractivity contribution in [1.82, 2.24) is 20.1 Å². The Balaban J connectivity index is 1.59. The molecule has 1 atom stereocenters. The molecule has 192 valence electrons. The zero-order valence-corrected chi connectivity index (χ0v) is 21.0. The van der Waals surface area contributed by atoms with Crippen LogP contribution in [0.3, 0.4) is 0 Å². The Labute approximate surface area is 213 Å². The molecule has 1 unspecified atom stereocenters. The minimum absolute atomic E-state index is 0.0451. The number of nitrogen functional groups attached to an aromatic ring is 1. The first kappa shape index (κ1) is 26.0. The van der Waals surface area contributed by atoms with E-state index in [9.17, 15) is 18.3 Å². The first-order valence-electron chi connectivity index (χ1n) is 11.4. The molecule has 37 heavy (non-hydrogen) atoms. The Morgan fingerprint density at radius 2 is 1.92 bits per heavy atom. The van der Waals surface area contributed by atoms with Gasteiger partial charge in [0.05, 0.1) is 29.3 Å². The highest BCUT2D eigenvalue weighted by atomic mass is 32.2. The number of nitrogens with zero attached hydrogens (tertiary/aromatic N) is 3. The van der Waals surface area contributed by atoms with Crippen LogP contribution in [0, 0.1) is 5.82 Å². The highest BCUT2D eigenvalue weighted by Gasteiger charge is 2.20. The molecule has 9 nitrogen and oxygen atoms in total. The number of nitrogens with one attached hydrogen (secondary N) is 1. The number of rotatable bonds is 8. The largest absolute Gasteiger partial charge is 0.394 e. The zero-order valence-electron chi connectivity index (χ0n) is 20.2. The van der Waals surface area contributed by atoms with E-state index in [4.69, 9.17) is 5.73 Å². The fraction of sp³-hybridized carbons (Fsp3) is 0.192. The Morgan fingerprint density at radius 1 is 1.14 bits per heavy atom. The maximum Gasteiger partial charge on any atom is 0.254 e. The van der Waals surface area contributed by atoms with Crippen LogP contribution in [-0.2, 0) is 16.4 Å². The molecule has 4 N–H and O–H groups in total. The quantitative estimate of drug-likeness (QED) is 0.322. The van der Waals surface area contributed by atoms with Crippen molar-refractivity contribution in [3.8, 4) is 22.3 Å². The van der Waals surface area contributed by atoms with Gasteiger partial charge in [0, 0.05) is 41.9 Å². The number of carbonyl (C=O) groups is 1. The maximum absolute atomic E-state index is 15.1. The standard InChI is InChI=1S/C26H26FN5O4S/c1-3-32-14-19(13-30-32)18-10-22(25(28)29-12-18)16-7-8-21(23(27)11-16)26(34)31-24(15-33)17-5-4-6-20(9-17)37(2,35)36/h4-14,24,33H,3,15H2,1-2H3,(H2,28,29)(H,31,34). The van der Waals surface area contributed by atoms with E-state index in [1.54, 1.807) is 35.3 Å². The van der Waals surface area contributed by atoms with E-state index in [1.165, 1.54) is 30.3 Å². The van der Waals surface area contributed by atoms with Gasteiger partial charge in [0.25, 0.3) is 5.91 Å². The van der Waals surface area contributed by atoms with Gasteiger partial charge in [0.15, 0.2) is 9.84 Å². The summed E-state index contributed by atoms with van der Waals surface area (Å²) in [7, 11) is -3.48. The monoisotopic (exact) mass is 523 g/mol. The fourth-order valence-electron chi connectivity index (χ4n) is 3.85. The summed E-state index contributed by atoms with van der Waals surface area (Å²) in [5.74, 6) is -1.35. The Morgan fingerprint density at radius 3 is 2.57 bits per heavy atom. The number of aromatic nitrogens is 3. The zero-order chi connectivity index (χ0) is 26.7. The summed E-state index contributed by atoms with van der Waals surface area (Å²) >= 11 is 0. The van der Waals surface area contributed by atoms with Gasteiger partial charge >= 0.3 is 0 Å². The van der Waals surface area contributed by atoms with Crippen molar-refractivity contribution in [2.24, 2.45) is 0 Å². The van der Waals surface area contributed by atoms with Crippen molar-refractivity contribution in [2.45, 2.75) is 24.4 Å². The molecule has 0 aliphatic carbocycles. The van der Waals surface area contributed by atoms with Crippen LogP contribution in [0.2, 0.25) is 0 Å². The molecule has 0 bridgehead atoms. The number of anilines is 1. The normalized spacial score (nSPS) is 12.3. The van der Waals surface area contributed by atoms with Crippen LogP contribution in [0.1, 0.15) is 28.9 Å². The number of benzene rings is 2. The Hall–Kier alpha value is -4.09. The molecule has 0 aliphatic heterocycles. The minimum atomic E-state index is -3.48. The van der Waals surface area contributed by atoms with E-state index in [1.807, 2.05) is 13.1 Å².